The predicted molar refractivity (Wildman–Crippen MR) is 160 cm³/mol. The average Bonchev–Trinajstić information content (AvgIpc) is 2.90. The Labute approximate surface area is 239 Å². The highest BCUT2D eigenvalue weighted by molar-refractivity contribution is 6.35. The van der Waals surface area contributed by atoms with Crippen molar-refractivity contribution >= 4 is 57.8 Å². The summed E-state index contributed by atoms with van der Waals surface area (Å²) in [6, 6.07) is 19.1. The van der Waals surface area contributed by atoms with Crippen LogP contribution in [0.5, 0.6) is 0 Å². The molecule has 1 fully saturated rings. The number of nitrogens with two attached hydrogens (primary N) is 2. The Morgan fingerprint density at radius 1 is 1.00 bits per heavy atom. The maximum atomic E-state index is 13.5. The molecule has 2 unspecified atom stereocenters. The van der Waals surface area contributed by atoms with E-state index < -0.39 is 0 Å². The van der Waals surface area contributed by atoms with Crippen LogP contribution < -0.4 is 11.5 Å². The molecule has 9 heteroatoms. The fourth-order valence-corrected chi connectivity index (χ4v) is 5.43. The normalized spacial score (nSPS) is 17.5. The second-order valence-electron chi connectivity index (χ2n) is 9.85. The lowest BCUT2D eigenvalue weighted by molar-refractivity contribution is -0.143. The molecule has 39 heavy (non-hydrogen) atoms. The summed E-state index contributed by atoms with van der Waals surface area (Å²) in [6.45, 7) is 3.30. The van der Waals surface area contributed by atoms with Gasteiger partial charge in [-0.1, -0.05) is 71.7 Å². The van der Waals surface area contributed by atoms with E-state index in [-0.39, 0.29) is 29.9 Å². The number of amides is 2. The summed E-state index contributed by atoms with van der Waals surface area (Å²) in [5.41, 5.74) is 12.6. The van der Waals surface area contributed by atoms with Crippen LogP contribution >= 0.6 is 23.2 Å². The SMILES string of the molecule is CC1CN(C(=O)/C=C/c2ccc(Cl)cc2Cl)C(CCCN=C(N)N)CN1C(=O)Cc1ccc2ccccc2c1. The van der Waals surface area contributed by atoms with Gasteiger partial charge in [0.1, 0.15) is 0 Å². The third-order valence-electron chi connectivity index (χ3n) is 6.97. The molecule has 7 nitrogen and oxygen atoms in total. The number of rotatable bonds is 8. The van der Waals surface area contributed by atoms with Crippen molar-refractivity contribution in [2.45, 2.75) is 38.3 Å². The zero-order chi connectivity index (χ0) is 27.9. The van der Waals surface area contributed by atoms with Gasteiger partial charge in [-0.05, 0) is 59.9 Å². The molecule has 0 spiro atoms. The molecule has 1 aliphatic heterocycles. The van der Waals surface area contributed by atoms with Crippen LogP contribution in [0, 0.1) is 0 Å². The molecule has 0 bridgehead atoms. The maximum absolute atomic E-state index is 13.5. The number of fused-ring (bicyclic) bond motifs is 1. The zero-order valence-electron chi connectivity index (χ0n) is 21.9. The van der Waals surface area contributed by atoms with Gasteiger partial charge in [0.15, 0.2) is 5.96 Å². The maximum Gasteiger partial charge on any atom is 0.246 e. The van der Waals surface area contributed by atoms with Crippen LogP contribution in [0.4, 0.5) is 0 Å². The summed E-state index contributed by atoms with van der Waals surface area (Å²) in [7, 11) is 0. The fraction of sp³-hybridized carbons (Fsp3) is 0.300. The number of hydrogen-bond donors (Lipinski definition) is 2. The summed E-state index contributed by atoms with van der Waals surface area (Å²) in [4.78, 5) is 34.6. The number of hydrogen-bond acceptors (Lipinski definition) is 3. The molecule has 204 valence electrons. The highest BCUT2D eigenvalue weighted by Crippen LogP contribution is 2.24. The van der Waals surface area contributed by atoms with Gasteiger partial charge >= 0.3 is 0 Å². The van der Waals surface area contributed by atoms with Crippen molar-refractivity contribution in [2.24, 2.45) is 16.5 Å². The highest BCUT2D eigenvalue weighted by Gasteiger charge is 2.35. The third kappa shape index (κ3) is 7.52. The summed E-state index contributed by atoms with van der Waals surface area (Å²) < 4.78 is 0. The first-order chi connectivity index (χ1) is 18.7. The number of benzene rings is 3. The molecule has 4 N–H and O–H groups in total. The monoisotopic (exact) mass is 565 g/mol. The van der Waals surface area contributed by atoms with E-state index in [1.807, 2.05) is 47.1 Å². The molecular weight excluding hydrogens is 533 g/mol. The molecule has 2 atom stereocenters. The van der Waals surface area contributed by atoms with Gasteiger partial charge in [-0.15, -0.1) is 0 Å². The minimum atomic E-state index is -0.172. The lowest BCUT2D eigenvalue weighted by Gasteiger charge is -2.45. The first-order valence-corrected chi connectivity index (χ1v) is 13.7. The van der Waals surface area contributed by atoms with Crippen LogP contribution in [0.25, 0.3) is 16.8 Å². The zero-order valence-corrected chi connectivity index (χ0v) is 23.4. The van der Waals surface area contributed by atoms with E-state index in [4.69, 9.17) is 34.7 Å². The van der Waals surface area contributed by atoms with Crippen LogP contribution in [0.15, 0.2) is 71.7 Å². The van der Waals surface area contributed by atoms with Gasteiger partial charge in [0, 0.05) is 47.8 Å². The first kappa shape index (κ1) is 28.5. The van der Waals surface area contributed by atoms with E-state index in [0.717, 1.165) is 16.3 Å². The molecule has 1 saturated heterocycles. The molecule has 0 aromatic heterocycles. The molecule has 3 aromatic carbocycles. The van der Waals surface area contributed by atoms with Crippen molar-refractivity contribution in [3.05, 3.63) is 87.9 Å². The lowest BCUT2D eigenvalue weighted by Crippen LogP contribution is -2.60. The van der Waals surface area contributed by atoms with E-state index in [2.05, 4.69) is 17.1 Å². The van der Waals surface area contributed by atoms with E-state index in [1.54, 1.807) is 24.3 Å². The minimum absolute atomic E-state index is 0.0372. The van der Waals surface area contributed by atoms with Gasteiger partial charge in [0.25, 0.3) is 0 Å². The van der Waals surface area contributed by atoms with Gasteiger partial charge < -0.3 is 21.3 Å². The van der Waals surface area contributed by atoms with Gasteiger partial charge in [-0.3, -0.25) is 14.6 Å². The molecule has 2 amide bonds. The smallest absolute Gasteiger partial charge is 0.246 e. The van der Waals surface area contributed by atoms with Crippen LogP contribution in [-0.4, -0.2) is 59.3 Å². The molecule has 3 aromatic rings. The fourth-order valence-electron chi connectivity index (χ4n) is 4.96. The first-order valence-electron chi connectivity index (χ1n) is 13.0. The van der Waals surface area contributed by atoms with Crippen molar-refractivity contribution in [1.29, 1.82) is 0 Å². The van der Waals surface area contributed by atoms with Crippen molar-refractivity contribution in [3.63, 3.8) is 0 Å². The van der Waals surface area contributed by atoms with Crippen molar-refractivity contribution in [3.8, 4) is 0 Å². The Morgan fingerprint density at radius 3 is 2.51 bits per heavy atom. The van der Waals surface area contributed by atoms with Crippen molar-refractivity contribution < 1.29 is 9.59 Å². The van der Waals surface area contributed by atoms with Gasteiger partial charge in [0.2, 0.25) is 11.8 Å². The molecule has 1 heterocycles. The third-order valence-corrected chi connectivity index (χ3v) is 7.53. The Hall–Kier alpha value is -3.55. The van der Waals surface area contributed by atoms with Gasteiger partial charge in [0.05, 0.1) is 6.42 Å². The number of carbonyl (C=O) groups is 2. The number of piperazine rings is 1. The molecule has 4 rings (SSSR count). The summed E-state index contributed by atoms with van der Waals surface area (Å²) in [5, 5.41) is 3.25. The second-order valence-corrected chi connectivity index (χ2v) is 10.7. The Kier molecular flexibility index (Phi) is 9.49. The minimum Gasteiger partial charge on any atom is -0.370 e. The Bertz CT molecular complexity index is 1400. The van der Waals surface area contributed by atoms with Gasteiger partial charge in [-0.25, -0.2) is 0 Å². The number of aliphatic imine (C=N–C) groups is 1. The van der Waals surface area contributed by atoms with Gasteiger partial charge in [-0.2, -0.15) is 0 Å². The standard InChI is InChI=1S/C30H33Cl2N5O2/c1-20-18-37(28(38)13-11-23-10-12-25(31)17-27(23)32)26(7-4-14-35-30(33)34)19-36(20)29(39)16-21-8-9-22-5-2-3-6-24(22)15-21/h2-3,5-6,8-13,15,17,20,26H,4,7,14,16,18-19H2,1H3,(H4,33,34,35)/b13-11+. The average molecular weight is 567 g/mol. The van der Waals surface area contributed by atoms with E-state index in [1.165, 1.54) is 6.08 Å². The summed E-state index contributed by atoms with van der Waals surface area (Å²) >= 11 is 12.3. The van der Waals surface area contributed by atoms with Crippen molar-refractivity contribution in [1.82, 2.24) is 9.80 Å². The number of nitrogens with zero attached hydrogens (tertiary/aromatic N) is 3. The lowest BCUT2D eigenvalue weighted by atomic mass is 10.00. The van der Waals surface area contributed by atoms with E-state index in [0.29, 0.717) is 54.5 Å². The molecule has 0 radical (unpaired) electrons. The number of carbonyl (C=O) groups excluding carboxylic acids is 2. The Morgan fingerprint density at radius 2 is 1.77 bits per heavy atom. The molecule has 0 aliphatic carbocycles. The van der Waals surface area contributed by atoms with Crippen LogP contribution in [0.2, 0.25) is 10.0 Å². The quantitative estimate of drug-likeness (QED) is 0.175. The molecule has 0 saturated carbocycles. The topological polar surface area (TPSA) is 105 Å². The summed E-state index contributed by atoms with van der Waals surface area (Å²) in [6.07, 6.45) is 4.86. The number of guanidine groups is 1. The summed E-state index contributed by atoms with van der Waals surface area (Å²) in [5.74, 6) is -0.0564. The molecular formula is C30H33Cl2N5O2. The predicted octanol–water partition coefficient (Wildman–Crippen LogP) is 4.88. The van der Waals surface area contributed by atoms with E-state index >= 15 is 0 Å². The largest absolute Gasteiger partial charge is 0.370 e. The highest BCUT2D eigenvalue weighted by atomic mass is 35.5. The number of halogens is 2. The second kappa shape index (κ2) is 13.0. The van der Waals surface area contributed by atoms with Crippen LogP contribution in [-0.2, 0) is 16.0 Å². The van der Waals surface area contributed by atoms with Crippen LogP contribution in [0.1, 0.15) is 30.9 Å². The van der Waals surface area contributed by atoms with Crippen LogP contribution in [0.3, 0.4) is 0 Å². The van der Waals surface area contributed by atoms with E-state index in [9.17, 15) is 9.59 Å². The molecule has 1 aliphatic rings. The Balaban J connectivity index is 1.49. The van der Waals surface area contributed by atoms with Crippen molar-refractivity contribution in [2.75, 3.05) is 19.6 Å².